The maximum absolute atomic E-state index is 12.1. The fraction of sp³-hybridized carbons (Fsp3) is 0.400. The monoisotopic (exact) mass is 263 g/mol. The van der Waals surface area contributed by atoms with E-state index in [0.29, 0.717) is 0 Å². The molecule has 1 atom stereocenters. The summed E-state index contributed by atoms with van der Waals surface area (Å²) in [6, 6.07) is 0.223. The molecule has 1 aromatic rings. The first-order chi connectivity index (χ1) is 8.20. The first-order valence-corrected chi connectivity index (χ1v) is 5.01. The van der Waals surface area contributed by atoms with Gasteiger partial charge in [-0.15, -0.1) is 0 Å². The molecule has 0 aromatic carbocycles. The number of rotatable bonds is 4. The van der Waals surface area contributed by atoms with Crippen LogP contribution in [0.3, 0.4) is 0 Å². The van der Waals surface area contributed by atoms with E-state index in [1.165, 1.54) is 19.2 Å². The molecule has 0 aliphatic carbocycles. The number of aromatic nitrogens is 1. The molecule has 100 valence electrons. The minimum atomic E-state index is -4.31. The van der Waals surface area contributed by atoms with Gasteiger partial charge in [0, 0.05) is 12.2 Å². The predicted molar refractivity (Wildman–Crippen MR) is 59.4 cm³/mol. The summed E-state index contributed by atoms with van der Waals surface area (Å²) in [6.45, 7) is 1.31. The molecular weight excluding hydrogens is 251 g/mol. The van der Waals surface area contributed by atoms with Crippen LogP contribution >= 0.6 is 0 Å². The molecule has 1 unspecified atom stereocenters. The maximum atomic E-state index is 12.1. The van der Waals surface area contributed by atoms with E-state index >= 15 is 0 Å². The highest BCUT2D eigenvalue weighted by molar-refractivity contribution is 5.96. The van der Waals surface area contributed by atoms with Crippen molar-refractivity contribution in [2.24, 2.45) is 0 Å². The summed E-state index contributed by atoms with van der Waals surface area (Å²) in [5, 5.41) is 11.2. The van der Waals surface area contributed by atoms with Crippen LogP contribution in [-0.4, -0.2) is 28.3 Å². The van der Waals surface area contributed by atoms with Crippen LogP contribution in [0.25, 0.3) is 0 Å². The number of carboxylic acid groups (broad SMARTS) is 1. The molecule has 0 spiro atoms. The normalized spacial score (nSPS) is 13.1. The minimum absolute atomic E-state index is 0.0633. The van der Waals surface area contributed by atoms with E-state index in [9.17, 15) is 18.0 Å². The van der Waals surface area contributed by atoms with Gasteiger partial charge in [0.2, 0.25) is 0 Å². The van der Waals surface area contributed by atoms with Gasteiger partial charge >= 0.3 is 12.1 Å². The number of nitrogens with one attached hydrogen (secondary N) is 1. The lowest BCUT2D eigenvalue weighted by Gasteiger charge is -2.17. The Labute approximate surface area is 101 Å². The summed E-state index contributed by atoms with van der Waals surface area (Å²) < 4.78 is 36.4. The Morgan fingerprint density at radius 2 is 2.22 bits per heavy atom. The third kappa shape index (κ3) is 3.79. The molecule has 0 amide bonds. The first-order valence-electron chi connectivity index (χ1n) is 5.01. The first kappa shape index (κ1) is 14.1. The molecule has 0 saturated heterocycles. The van der Waals surface area contributed by atoms with Crippen LogP contribution in [0, 0.1) is 0 Å². The molecule has 18 heavy (non-hydrogen) atoms. The number of pyridine rings is 1. The number of hydrogen-bond acceptors (Lipinski definition) is 4. The Hall–Kier alpha value is -1.99. The Bertz CT molecular complexity index is 448. The van der Waals surface area contributed by atoms with Crippen LogP contribution in [-0.2, 0) is 0 Å². The summed E-state index contributed by atoms with van der Waals surface area (Å²) in [5.74, 6) is -1.33. The number of nitrogen functional groups attached to an aromatic ring is 1. The van der Waals surface area contributed by atoms with Gasteiger partial charge in [-0.05, 0) is 13.0 Å². The van der Waals surface area contributed by atoms with Crippen LogP contribution in [0.1, 0.15) is 23.7 Å². The van der Waals surface area contributed by atoms with Crippen LogP contribution in [0.15, 0.2) is 12.3 Å². The topological polar surface area (TPSA) is 88.2 Å². The van der Waals surface area contributed by atoms with Crippen molar-refractivity contribution in [1.29, 1.82) is 0 Å². The van der Waals surface area contributed by atoms with Gasteiger partial charge in [0.25, 0.3) is 0 Å². The second-order valence-electron chi connectivity index (χ2n) is 3.79. The zero-order chi connectivity index (χ0) is 13.9. The Balaban J connectivity index is 2.85. The third-order valence-electron chi connectivity index (χ3n) is 2.14. The van der Waals surface area contributed by atoms with Crippen LogP contribution in [0.2, 0.25) is 0 Å². The van der Waals surface area contributed by atoms with Gasteiger partial charge in [0.15, 0.2) is 0 Å². The van der Waals surface area contributed by atoms with E-state index < -0.39 is 24.6 Å². The Morgan fingerprint density at radius 3 is 2.72 bits per heavy atom. The van der Waals surface area contributed by atoms with Gasteiger partial charge in [0.05, 0.1) is 17.7 Å². The van der Waals surface area contributed by atoms with Gasteiger partial charge in [-0.3, -0.25) is 0 Å². The SMILES string of the molecule is CC(CC(F)(F)F)Nc1nccc(C(=O)O)c1N. The average molecular weight is 263 g/mol. The molecule has 0 radical (unpaired) electrons. The number of alkyl halides is 3. The lowest BCUT2D eigenvalue weighted by Crippen LogP contribution is -2.25. The molecule has 1 heterocycles. The number of hydrogen-bond donors (Lipinski definition) is 3. The highest BCUT2D eigenvalue weighted by Crippen LogP contribution is 2.25. The summed E-state index contributed by atoms with van der Waals surface area (Å²) in [6.07, 6.45) is -4.21. The molecule has 1 aromatic heterocycles. The Kier molecular flexibility index (Phi) is 4.00. The van der Waals surface area contributed by atoms with Gasteiger partial charge in [-0.25, -0.2) is 9.78 Å². The fourth-order valence-corrected chi connectivity index (χ4v) is 1.41. The molecule has 0 saturated carbocycles. The molecule has 5 nitrogen and oxygen atoms in total. The van der Waals surface area contributed by atoms with Gasteiger partial charge in [-0.2, -0.15) is 13.2 Å². The number of anilines is 2. The van der Waals surface area contributed by atoms with Crippen molar-refractivity contribution >= 4 is 17.5 Å². The number of carbonyl (C=O) groups is 1. The Morgan fingerprint density at radius 1 is 1.61 bits per heavy atom. The van der Waals surface area contributed by atoms with Crippen molar-refractivity contribution in [3.63, 3.8) is 0 Å². The summed E-state index contributed by atoms with van der Waals surface area (Å²) in [5.41, 5.74) is 5.13. The predicted octanol–water partition coefficient (Wildman–Crippen LogP) is 2.11. The fourth-order valence-electron chi connectivity index (χ4n) is 1.41. The second kappa shape index (κ2) is 5.11. The van der Waals surface area contributed by atoms with Gasteiger partial charge < -0.3 is 16.2 Å². The average Bonchev–Trinajstić information content (AvgIpc) is 2.17. The zero-order valence-electron chi connectivity index (χ0n) is 9.45. The zero-order valence-corrected chi connectivity index (χ0v) is 9.45. The summed E-state index contributed by atoms with van der Waals surface area (Å²) in [7, 11) is 0. The lowest BCUT2D eigenvalue weighted by molar-refractivity contribution is -0.136. The van der Waals surface area contributed by atoms with Crippen LogP contribution < -0.4 is 11.1 Å². The second-order valence-corrected chi connectivity index (χ2v) is 3.79. The van der Waals surface area contributed by atoms with Crippen molar-refractivity contribution < 1.29 is 23.1 Å². The smallest absolute Gasteiger partial charge is 0.391 e. The van der Waals surface area contributed by atoms with E-state index in [2.05, 4.69) is 10.3 Å². The molecule has 0 bridgehead atoms. The van der Waals surface area contributed by atoms with E-state index in [4.69, 9.17) is 10.8 Å². The number of nitrogens with zero attached hydrogens (tertiary/aromatic N) is 1. The third-order valence-corrected chi connectivity index (χ3v) is 2.14. The van der Waals surface area contributed by atoms with Crippen molar-refractivity contribution in [3.05, 3.63) is 17.8 Å². The highest BCUT2D eigenvalue weighted by atomic mass is 19.4. The standard InChI is InChI=1S/C10H12F3N3O2/c1-5(4-10(11,12)13)16-8-7(14)6(9(17)18)2-3-15-8/h2-3,5H,4,14H2,1H3,(H,15,16)(H,17,18). The summed E-state index contributed by atoms with van der Waals surface area (Å²) >= 11 is 0. The van der Waals surface area contributed by atoms with Crippen molar-refractivity contribution in [3.8, 4) is 0 Å². The molecule has 0 aliphatic heterocycles. The molecular formula is C10H12F3N3O2. The number of halogens is 3. The molecule has 4 N–H and O–H groups in total. The number of aromatic carboxylic acids is 1. The van der Waals surface area contributed by atoms with Crippen LogP contribution in [0.4, 0.5) is 24.7 Å². The largest absolute Gasteiger partial charge is 0.478 e. The highest BCUT2D eigenvalue weighted by Gasteiger charge is 2.30. The van der Waals surface area contributed by atoms with Crippen LogP contribution in [0.5, 0.6) is 0 Å². The molecule has 8 heteroatoms. The van der Waals surface area contributed by atoms with Gasteiger partial charge in [-0.1, -0.05) is 0 Å². The number of carboxylic acids is 1. The van der Waals surface area contributed by atoms with Crippen molar-refractivity contribution in [2.75, 3.05) is 11.1 Å². The number of nitrogens with two attached hydrogens (primary N) is 1. The molecule has 0 aliphatic rings. The van der Waals surface area contributed by atoms with Crippen molar-refractivity contribution in [2.45, 2.75) is 25.6 Å². The quantitative estimate of drug-likeness (QED) is 0.774. The van der Waals surface area contributed by atoms with Crippen molar-refractivity contribution in [1.82, 2.24) is 4.98 Å². The lowest BCUT2D eigenvalue weighted by atomic mass is 10.2. The van der Waals surface area contributed by atoms with E-state index in [0.717, 1.165) is 0 Å². The summed E-state index contributed by atoms with van der Waals surface area (Å²) in [4.78, 5) is 14.5. The van der Waals surface area contributed by atoms with E-state index in [-0.39, 0.29) is 17.1 Å². The van der Waals surface area contributed by atoms with Gasteiger partial charge in [0.1, 0.15) is 5.82 Å². The maximum Gasteiger partial charge on any atom is 0.391 e. The van der Waals surface area contributed by atoms with E-state index in [1.807, 2.05) is 0 Å². The minimum Gasteiger partial charge on any atom is -0.478 e. The molecule has 1 rings (SSSR count). The van der Waals surface area contributed by atoms with E-state index in [1.54, 1.807) is 0 Å². The molecule has 0 fully saturated rings.